The first-order valence-electron chi connectivity index (χ1n) is 5.34. The molecule has 0 heterocycles. The van der Waals surface area contributed by atoms with Crippen molar-refractivity contribution in [2.45, 2.75) is 37.6 Å². The lowest BCUT2D eigenvalue weighted by atomic mass is 9.86. The molecule has 3 N–H and O–H groups in total. The Kier molecular flexibility index (Phi) is 5.23. The standard InChI is InChI=1S/C12H19NO3S.ClH/c1-12(2,3)9-5-8(7-13)11(14)10(6-9)17(4,15)16;/h5-6,14H,7,13H2,1-4H3;1H. The summed E-state index contributed by atoms with van der Waals surface area (Å²) in [6.07, 6.45) is 1.08. The molecule has 0 atom stereocenters. The van der Waals surface area contributed by atoms with Crippen LogP contribution in [0, 0.1) is 0 Å². The van der Waals surface area contributed by atoms with Crippen LogP contribution >= 0.6 is 12.4 Å². The van der Waals surface area contributed by atoms with Gasteiger partial charge in [0.2, 0.25) is 0 Å². The molecule has 0 radical (unpaired) electrons. The second kappa shape index (κ2) is 5.47. The Morgan fingerprint density at radius 3 is 2.11 bits per heavy atom. The van der Waals surface area contributed by atoms with Gasteiger partial charge in [-0.25, -0.2) is 8.42 Å². The Bertz CT molecular complexity index is 533. The number of halogens is 1. The van der Waals surface area contributed by atoms with E-state index >= 15 is 0 Å². The lowest BCUT2D eigenvalue weighted by molar-refractivity contribution is 0.450. The monoisotopic (exact) mass is 293 g/mol. The molecule has 0 spiro atoms. The van der Waals surface area contributed by atoms with E-state index in [1.165, 1.54) is 6.07 Å². The third-order valence-corrected chi connectivity index (χ3v) is 3.75. The normalized spacial score (nSPS) is 12.1. The third kappa shape index (κ3) is 3.60. The van der Waals surface area contributed by atoms with Crippen LogP contribution < -0.4 is 5.73 Å². The van der Waals surface area contributed by atoms with Gasteiger partial charge in [-0.05, 0) is 17.0 Å². The van der Waals surface area contributed by atoms with Crippen LogP contribution in [-0.4, -0.2) is 19.8 Å². The Morgan fingerprint density at radius 2 is 1.78 bits per heavy atom. The molecule has 0 saturated heterocycles. The van der Waals surface area contributed by atoms with Crippen molar-refractivity contribution >= 4 is 22.2 Å². The number of aromatic hydroxyl groups is 1. The van der Waals surface area contributed by atoms with Gasteiger partial charge < -0.3 is 10.8 Å². The fourth-order valence-corrected chi connectivity index (χ4v) is 2.36. The Morgan fingerprint density at radius 1 is 1.28 bits per heavy atom. The maximum Gasteiger partial charge on any atom is 0.179 e. The smallest absolute Gasteiger partial charge is 0.179 e. The minimum Gasteiger partial charge on any atom is -0.506 e. The maximum atomic E-state index is 11.6. The van der Waals surface area contributed by atoms with Crippen LogP contribution in [0.4, 0.5) is 0 Å². The number of nitrogens with two attached hydrogens (primary N) is 1. The van der Waals surface area contributed by atoms with Crippen molar-refractivity contribution in [3.63, 3.8) is 0 Å². The zero-order valence-corrected chi connectivity index (χ0v) is 12.7. The Balaban J connectivity index is 0.00000289. The molecule has 104 valence electrons. The predicted molar refractivity (Wildman–Crippen MR) is 75.1 cm³/mol. The predicted octanol–water partition coefficient (Wildman–Crippen LogP) is 1.97. The van der Waals surface area contributed by atoms with Crippen LogP contribution in [0.25, 0.3) is 0 Å². The van der Waals surface area contributed by atoms with E-state index in [2.05, 4.69) is 0 Å². The minimum absolute atomic E-state index is 0. The second-order valence-electron chi connectivity index (χ2n) is 5.21. The molecule has 1 aromatic rings. The molecule has 4 nitrogen and oxygen atoms in total. The third-order valence-electron chi connectivity index (χ3n) is 2.64. The van der Waals surface area contributed by atoms with Gasteiger partial charge in [-0.15, -0.1) is 12.4 Å². The molecule has 18 heavy (non-hydrogen) atoms. The largest absolute Gasteiger partial charge is 0.506 e. The molecular weight excluding hydrogens is 274 g/mol. The van der Waals surface area contributed by atoms with Gasteiger partial charge in [0.25, 0.3) is 0 Å². The first-order chi connectivity index (χ1) is 7.57. The summed E-state index contributed by atoms with van der Waals surface area (Å²) in [5.41, 5.74) is 6.62. The van der Waals surface area contributed by atoms with Gasteiger partial charge in [0.15, 0.2) is 9.84 Å². The quantitative estimate of drug-likeness (QED) is 0.873. The molecular formula is C12H20ClNO3S. The molecule has 1 rings (SSSR count). The highest BCUT2D eigenvalue weighted by atomic mass is 35.5. The van der Waals surface area contributed by atoms with E-state index in [-0.39, 0.29) is 35.0 Å². The van der Waals surface area contributed by atoms with E-state index in [9.17, 15) is 13.5 Å². The summed E-state index contributed by atoms with van der Waals surface area (Å²) >= 11 is 0. The highest BCUT2D eigenvalue weighted by Gasteiger charge is 2.22. The fourth-order valence-electron chi connectivity index (χ4n) is 1.54. The van der Waals surface area contributed by atoms with Gasteiger partial charge >= 0.3 is 0 Å². The summed E-state index contributed by atoms with van der Waals surface area (Å²) in [6, 6.07) is 3.27. The Labute approximate surface area is 115 Å². The number of benzene rings is 1. The van der Waals surface area contributed by atoms with E-state index in [0.717, 1.165) is 11.8 Å². The maximum absolute atomic E-state index is 11.6. The molecule has 0 aliphatic heterocycles. The van der Waals surface area contributed by atoms with Gasteiger partial charge in [0.1, 0.15) is 10.6 Å². The Hall–Kier alpha value is -0.780. The minimum atomic E-state index is -3.45. The van der Waals surface area contributed by atoms with E-state index in [1.807, 2.05) is 20.8 Å². The van der Waals surface area contributed by atoms with Crippen LogP contribution in [0.5, 0.6) is 5.75 Å². The van der Waals surface area contributed by atoms with Crippen LogP contribution in [-0.2, 0) is 21.8 Å². The number of phenolic OH excluding ortho intramolecular Hbond substituents is 1. The SMILES string of the molecule is CC(C)(C)c1cc(CN)c(O)c(S(C)(=O)=O)c1.Cl. The van der Waals surface area contributed by atoms with Gasteiger partial charge in [-0.3, -0.25) is 0 Å². The summed E-state index contributed by atoms with van der Waals surface area (Å²) in [6.45, 7) is 6.04. The summed E-state index contributed by atoms with van der Waals surface area (Å²) < 4.78 is 23.2. The lowest BCUT2D eigenvalue weighted by Crippen LogP contribution is -2.14. The molecule has 0 fully saturated rings. The lowest BCUT2D eigenvalue weighted by Gasteiger charge is -2.21. The molecule has 0 aliphatic carbocycles. The average molecular weight is 294 g/mol. The molecule has 0 saturated carbocycles. The van der Waals surface area contributed by atoms with Crippen LogP contribution in [0.15, 0.2) is 17.0 Å². The molecule has 1 aromatic carbocycles. The van der Waals surface area contributed by atoms with E-state index in [0.29, 0.717) is 5.56 Å². The molecule has 0 aromatic heterocycles. The van der Waals surface area contributed by atoms with E-state index in [1.54, 1.807) is 6.07 Å². The number of hydrogen-bond acceptors (Lipinski definition) is 4. The van der Waals surface area contributed by atoms with E-state index in [4.69, 9.17) is 5.73 Å². The van der Waals surface area contributed by atoms with Gasteiger partial charge in [-0.1, -0.05) is 26.8 Å². The number of hydrogen-bond donors (Lipinski definition) is 2. The van der Waals surface area contributed by atoms with Crippen molar-refractivity contribution in [3.8, 4) is 5.75 Å². The second-order valence-corrected chi connectivity index (χ2v) is 7.19. The van der Waals surface area contributed by atoms with Crippen LogP contribution in [0.3, 0.4) is 0 Å². The number of rotatable bonds is 2. The highest BCUT2D eigenvalue weighted by Crippen LogP contribution is 2.33. The van der Waals surface area contributed by atoms with Gasteiger partial charge in [-0.2, -0.15) is 0 Å². The topological polar surface area (TPSA) is 80.4 Å². The molecule has 0 bridgehead atoms. The molecule has 0 aliphatic rings. The van der Waals surface area contributed by atoms with Crippen molar-refractivity contribution in [1.82, 2.24) is 0 Å². The number of sulfone groups is 1. The summed E-state index contributed by atoms with van der Waals surface area (Å²) in [4.78, 5) is -0.0506. The van der Waals surface area contributed by atoms with Crippen molar-refractivity contribution in [1.29, 1.82) is 0 Å². The first-order valence-corrected chi connectivity index (χ1v) is 7.23. The molecule has 0 unspecified atom stereocenters. The number of phenols is 1. The summed E-state index contributed by atoms with van der Waals surface area (Å²) in [5, 5.41) is 9.86. The van der Waals surface area contributed by atoms with Crippen LogP contribution in [0.1, 0.15) is 31.9 Å². The van der Waals surface area contributed by atoms with Crippen molar-refractivity contribution < 1.29 is 13.5 Å². The van der Waals surface area contributed by atoms with Crippen molar-refractivity contribution in [3.05, 3.63) is 23.3 Å². The van der Waals surface area contributed by atoms with Gasteiger partial charge in [0, 0.05) is 18.4 Å². The zero-order valence-electron chi connectivity index (χ0n) is 11.0. The van der Waals surface area contributed by atoms with Crippen molar-refractivity contribution in [2.24, 2.45) is 5.73 Å². The summed E-state index contributed by atoms with van der Waals surface area (Å²) in [7, 11) is -3.45. The van der Waals surface area contributed by atoms with E-state index < -0.39 is 9.84 Å². The molecule has 0 amide bonds. The van der Waals surface area contributed by atoms with Gasteiger partial charge in [0.05, 0.1) is 0 Å². The van der Waals surface area contributed by atoms with Crippen molar-refractivity contribution in [2.75, 3.05) is 6.26 Å². The zero-order chi connectivity index (χ0) is 13.4. The highest BCUT2D eigenvalue weighted by molar-refractivity contribution is 7.90. The fraction of sp³-hybridized carbons (Fsp3) is 0.500. The first kappa shape index (κ1) is 17.2. The molecule has 6 heteroatoms. The van der Waals surface area contributed by atoms with Crippen LogP contribution in [0.2, 0.25) is 0 Å². The average Bonchev–Trinajstić information content (AvgIpc) is 2.14. The summed E-state index contributed by atoms with van der Waals surface area (Å²) in [5.74, 6) is -0.233.